The summed E-state index contributed by atoms with van der Waals surface area (Å²) in [6.07, 6.45) is 0.199. The molecule has 0 spiro atoms. The lowest BCUT2D eigenvalue weighted by atomic mass is 10.2. The number of carbonyl (C=O) groups excluding carboxylic acids is 1. The third kappa shape index (κ3) is 6.01. The van der Waals surface area contributed by atoms with Crippen molar-refractivity contribution in [3.05, 3.63) is 23.8 Å². The quantitative estimate of drug-likeness (QED) is 0.520. The zero-order valence-electron chi connectivity index (χ0n) is 12.8. The minimum absolute atomic E-state index is 0.199. The van der Waals surface area contributed by atoms with Crippen LogP contribution in [0.1, 0.15) is 12.0 Å². The second kappa shape index (κ2) is 10.0. The lowest BCUT2D eigenvalue weighted by molar-refractivity contribution is -0.141. The van der Waals surface area contributed by atoms with Crippen molar-refractivity contribution in [3.63, 3.8) is 0 Å². The Labute approximate surface area is 125 Å². The highest BCUT2D eigenvalue weighted by atomic mass is 16.5. The second-order valence-corrected chi connectivity index (χ2v) is 4.29. The summed E-state index contributed by atoms with van der Waals surface area (Å²) in [6, 6.07) is 5.68. The highest BCUT2D eigenvalue weighted by molar-refractivity contribution is 5.69. The molecular weight excluding hydrogens is 274 g/mol. The molecule has 0 unspecified atom stereocenters. The average Bonchev–Trinajstić information content (AvgIpc) is 2.52. The number of ether oxygens (including phenoxy) is 4. The molecule has 0 aliphatic heterocycles. The van der Waals surface area contributed by atoms with Gasteiger partial charge in [-0.15, -0.1) is 0 Å². The Balaban J connectivity index is 2.66. The molecule has 1 aromatic carbocycles. The predicted molar refractivity (Wildman–Crippen MR) is 78.7 cm³/mol. The van der Waals surface area contributed by atoms with Crippen LogP contribution in [0.25, 0.3) is 0 Å². The van der Waals surface area contributed by atoms with Crippen LogP contribution in [0.3, 0.4) is 0 Å². The summed E-state index contributed by atoms with van der Waals surface area (Å²) in [5.41, 5.74) is 0.968. The van der Waals surface area contributed by atoms with Gasteiger partial charge in [0.15, 0.2) is 11.5 Å². The minimum atomic E-state index is -0.301. The summed E-state index contributed by atoms with van der Waals surface area (Å²) in [5, 5.41) is 3.25. The third-order valence-electron chi connectivity index (χ3n) is 2.86. The molecule has 1 rings (SSSR count). The fourth-order valence-corrected chi connectivity index (χ4v) is 1.76. The predicted octanol–water partition coefficient (Wildman–Crippen LogP) is 1.37. The molecule has 0 saturated heterocycles. The van der Waals surface area contributed by atoms with E-state index in [-0.39, 0.29) is 19.0 Å². The van der Waals surface area contributed by atoms with Crippen molar-refractivity contribution < 1.29 is 23.7 Å². The van der Waals surface area contributed by atoms with Gasteiger partial charge in [0.05, 0.1) is 33.9 Å². The van der Waals surface area contributed by atoms with Gasteiger partial charge in [-0.1, -0.05) is 12.1 Å². The Bertz CT molecular complexity index is 436. The lowest BCUT2D eigenvalue weighted by Gasteiger charge is -2.15. The van der Waals surface area contributed by atoms with E-state index in [0.29, 0.717) is 24.7 Å². The summed E-state index contributed by atoms with van der Waals surface area (Å²) in [7, 11) is 4.61. The van der Waals surface area contributed by atoms with Crippen LogP contribution in [0.4, 0.5) is 0 Å². The summed E-state index contributed by atoms with van der Waals surface area (Å²) < 4.78 is 20.6. The van der Waals surface area contributed by atoms with E-state index < -0.39 is 0 Å². The van der Waals surface area contributed by atoms with Crippen LogP contribution in [0.2, 0.25) is 0 Å². The first-order valence-corrected chi connectivity index (χ1v) is 6.78. The summed E-state index contributed by atoms with van der Waals surface area (Å²) >= 11 is 0. The number of methoxy groups -OCH3 is 3. The molecule has 118 valence electrons. The standard InChI is InChI=1S/C15H23NO5/c1-18-10-8-16-11-12-5-4-6-13(19-2)15(12)21-9-7-14(17)20-3/h4-6,16H,7-11H2,1-3H3. The maximum atomic E-state index is 11.1. The Morgan fingerprint density at radius 3 is 2.67 bits per heavy atom. The van der Waals surface area contributed by atoms with E-state index in [1.54, 1.807) is 14.2 Å². The second-order valence-electron chi connectivity index (χ2n) is 4.29. The fraction of sp³-hybridized carbons (Fsp3) is 0.533. The molecule has 0 amide bonds. The summed E-state index contributed by atoms with van der Waals surface area (Å²) in [4.78, 5) is 11.1. The van der Waals surface area contributed by atoms with Crippen molar-refractivity contribution in [2.45, 2.75) is 13.0 Å². The first-order chi connectivity index (χ1) is 10.2. The third-order valence-corrected chi connectivity index (χ3v) is 2.86. The monoisotopic (exact) mass is 297 g/mol. The Morgan fingerprint density at radius 2 is 2.00 bits per heavy atom. The van der Waals surface area contributed by atoms with Crippen LogP contribution >= 0.6 is 0 Å². The Morgan fingerprint density at radius 1 is 1.19 bits per heavy atom. The van der Waals surface area contributed by atoms with E-state index in [1.807, 2.05) is 18.2 Å². The molecule has 0 radical (unpaired) electrons. The molecule has 0 saturated carbocycles. The van der Waals surface area contributed by atoms with Crippen LogP contribution in [0, 0.1) is 0 Å². The van der Waals surface area contributed by atoms with Gasteiger partial charge in [0.25, 0.3) is 0 Å². The van der Waals surface area contributed by atoms with Crippen LogP contribution < -0.4 is 14.8 Å². The van der Waals surface area contributed by atoms with E-state index in [1.165, 1.54) is 7.11 Å². The number of esters is 1. The molecular formula is C15H23NO5. The summed E-state index contributed by atoms with van der Waals surface area (Å²) in [5.74, 6) is 0.990. The van der Waals surface area contributed by atoms with E-state index in [4.69, 9.17) is 14.2 Å². The van der Waals surface area contributed by atoms with Gasteiger partial charge in [0, 0.05) is 25.8 Å². The minimum Gasteiger partial charge on any atom is -0.493 e. The van der Waals surface area contributed by atoms with E-state index in [2.05, 4.69) is 10.1 Å². The number of rotatable bonds is 10. The van der Waals surface area contributed by atoms with Gasteiger partial charge in [0.1, 0.15) is 0 Å². The highest BCUT2D eigenvalue weighted by Crippen LogP contribution is 2.31. The molecule has 21 heavy (non-hydrogen) atoms. The Kier molecular flexibility index (Phi) is 8.23. The van der Waals surface area contributed by atoms with Crippen molar-refractivity contribution in [1.82, 2.24) is 5.32 Å². The van der Waals surface area contributed by atoms with Crippen LogP contribution in [-0.2, 0) is 20.8 Å². The highest BCUT2D eigenvalue weighted by Gasteiger charge is 2.11. The maximum absolute atomic E-state index is 11.1. The van der Waals surface area contributed by atoms with Crippen LogP contribution in [-0.4, -0.2) is 47.1 Å². The zero-order chi connectivity index (χ0) is 15.5. The normalized spacial score (nSPS) is 10.2. The van der Waals surface area contributed by atoms with Gasteiger partial charge in [-0.05, 0) is 6.07 Å². The van der Waals surface area contributed by atoms with Crippen molar-refractivity contribution in [3.8, 4) is 11.5 Å². The number of para-hydroxylation sites is 1. The van der Waals surface area contributed by atoms with Crippen molar-refractivity contribution in [2.24, 2.45) is 0 Å². The molecule has 1 aromatic rings. The van der Waals surface area contributed by atoms with E-state index in [9.17, 15) is 4.79 Å². The molecule has 0 aliphatic carbocycles. The molecule has 0 bridgehead atoms. The SMILES string of the molecule is COCCNCc1cccc(OC)c1OCCC(=O)OC. The molecule has 0 aromatic heterocycles. The average molecular weight is 297 g/mol. The van der Waals surface area contributed by atoms with Gasteiger partial charge < -0.3 is 24.3 Å². The van der Waals surface area contributed by atoms with Gasteiger partial charge in [0.2, 0.25) is 0 Å². The van der Waals surface area contributed by atoms with Crippen LogP contribution in [0.15, 0.2) is 18.2 Å². The lowest BCUT2D eigenvalue weighted by Crippen LogP contribution is -2.19. The van der Waals surface area contributed by atoms with Crippen LogP contribution in [0.5, 0.6) is 11.5 Å². The largest absolute Gasteiger partial charge is 0.493 e. The Hall–Kier alpha value is -1.79. The first kappa shape index (κ1) is 17.3. The molecule has 0 heterocycles. The number of nitrogens with one attached hydrogen (secondary N) is 1. The zero-order valence-corrected chi connectivity index (χ0v) is 12.8. The molecule has 0 aliphatic rings. The van der Waals surface area contributed by atoms with E-state index >= 15 is 0 Å². The number of carbonyl (C=O) groups is 1. The molecule has 6 heteroatoms. The van der Waals surface area contributed by atoms with E-state index in [0.717, 1.165) is 12.1 Å². The number of hydrogen-bond acceptors (Lipinski definition) is 6. The molecule has 0 atom stereocenters. The smallest absolute Gasteiger partial charge is 0.308 e. The summed E-state index contributed by atoms with van der Waals surface area (Å²) in [6.45, 7) is 2.27. The number of benzene rings is 1. The number of hydrogen-bond donors (Lipinski definition) is 1. The molecule has 0 fully saturated rings. The topological polar surface area (TPSA) is 66.0 Å². The van der Waals surface area contributed by atoms with Gasteiger partial charge in [-0.3, -0.25) is 4.79 Å². The fourth-order valence-electron chi connectivity index (χ4n) is 1.76. The maximum Gasteiger partial charge on any atom is 0.308 e. The first-order valence-electron chi connectivity index (χ1n) is 6.78. The van der Waals surface area contributed by atoms with Crippen molar-refractivity contribution >= 4 is 5.97 Å². The van der Waals surface area contributed by atoms with Gasteiger partial charge >= 0.3 is 5.97 Å². The molecule has 6 nitrogen and oxygen atoms in total. The molecule has 1 N–H and O–H groups in total. The van der Waals surface area contributed by atoms with Gasteiger partial charge in [-0.25, -0.2) is 0 Å². The van der Waals surface area contributed by atoms with Crippen molar-refractivity contribution in [1.29, 1.82) is 0 Å². The van der Waals surface area contributed by atoms with Gasteiger partial charge in [-0.2, -0.15) is 0 Å². The van der Waals surface area contributed by atoms with Crippen molar-refractivity contribution in [2.75, 3.05) is 41.1 Å².